The van der Waals surface area contributed by atoms with Gasteiger partial charge in [-0.15, -0.1) is 0 Å². The summed E-state index contributed by atoms with van der Waals surface area (Å²) >= 11 is 0. The predicted molar refractivity (Wildman–Crippen MR) is 142 cm³/mol. The summed E-state index contributed by atoms with van der Waals surface area (Å²) in [5.41, 5.74) is 5.95. The normalized spacial score (nSPS) is 27.4. The van der Waals surface area contributed by atoms with Crippen molar-refractivity contribution < 1.29 is 19.0 Å². The highest BCUT2D eigenvalue weighted by Crippen LogP contribution is 2.61. The van der Waals surface area contributed by atoms with Gasteiger partial charge in [0.25, 0.3) is 0 Å². The zero-order valence-corrected chi connectivity index (χ0v) is 21.6. The van der Waals surface area contributed by atoms with E-state index in [9.17, 15) is 4.79 Å². The van der Waals surface area contributed by atoms with Gasteiger partial charge in [0, 0.05) is 7.11 Å². The maximum atomic E-state index is 11.8. The van der Waals surface area contributed by atoms with Crippen LogP contribution in [0.5, 0.6) is 0 Å². The first-order valence-corrected chi connectivity index (χ1v) is 13.4. The number of hydrogen-bond acceptors (Lipinski definition) is 4. The molecule has 188 valence electrons. The highest BCUT2D eigenvalue weighted by Gasteiger charge is 2.52. The molecule has 4 aliphatic carbocycles. The molecular formula is C32H36O4. The SMILES string of the molecule is COCOC(C)c1cc2ccc(-c3ccc(C(=O)OC)cc3)cc2cc1C12CC3CC(CC(C3)C1)C2. The predicted octanol–water partition coefficient (Wildman–Crippen LogP) is 7.44. The van der Waals surface area contributed by atoms with Crippen molar-refractivity contribution >= 4 is 16.7 Å². The van der Waals surface area contributed by atoms with Gasteiger partial charge < -0.3 is 14.2 Å². The maximum Gasteiger partial charge on any atom is 0.337 e. The molecule has 0 spiro atoms. The molecule has 0 saturated heterocycles. The molecule has 4 saturated carbocycles. The number of esters is 1. The Bertz CT molecular complexity index is 1240. The number of carbonyl (C=O) groups excluding carboxylic acids is 1. The van der Waals surface area contributed by atoms with E-state index >= 15 is 0 Å². The smallest absolute Gasteiger partial charge is 0.337 e. The summed E-state index contributed by atoms with van der Waals surface area (Å²) in [6.07, 6.45) is 8.26. The maximum absolute atomic E-state index is 11.8. The number of benzene rings is 3. The fraction of sp³-hybridized carbons (Fsp3) is 0.469. The third kappa shape index (κ3) is 4.14. The van der Waals surface area contributed by atoms with E-state index < -0.39 is 0 Å². The molecule has 1 unspecified atom stereocenters. The number of carbonyl (C=O) groups is 1. The van der Waals surface area contributed by atoms with Gasteiger partial charge in [0.2, 0.25) is 0 Å². The Hall–Kier alpha value is -2.69. The van der Waals surface area contributed by atoms with E-state index in [2.05, 4.69) is 37.3 Å². The summed E-state index contributed by atoms with van der Waals surface area (Å²) in [6.45, 7) is 2.47. The molecular weight excluding hydrogens is 448 g/mol. The number of ether oxygens (including phenoxy) is 3. The molecule has 3 aromatic carbocycles. The van der Waals surface area contributed by atoms with Crippen LogP contribution in [0.4, 0.5) is 0 Å². The van der Waals surface area contributed by atoms with E-state index in [1.165, 1.54) is 67.5 Å². The Morgan fingerprint density at radius 2 is 1.50 bits per heavy atom. The van der Waals surface area contributed by atoms with E-state index in [-0.39, 0.29) is 17.5 Å². The molecule has 4 nitrogen and oxygen atoms in total. The summed E-state index contributed by atoms with van der Waals surface area (Å²) in [5.74, 6) is 2.34. The molecule has 0 N–H and O–H groups in total. The van der Waals surface area contributed by atoms with Crippen LogP contribution in [0.25, 0.3) is 21.9 Å². The molecule has 0 amide bonds. The van der Waals surface area contributed by atoms with Gasteiger partial charge in [-0.05, 0) is 126 Å². The lowest BCUT2D eigenvalue weighted by Crippen LogP contribution is -2.49. The van der Waals surface area contributed by atoms with Crippen LogP contribution in [0.2, 0.25) is 0 Å². The van der Waals surface area contributed by atoms with Crippen molar-refractivity contribution in [3.8, 4) is 11.1 Å². The van der Waals surface area contributed by atoms with Crippen LogP contribution in [0, 0.1) is 17.8 Å². The van der Waals surface area contributed by atoms with Crippen LogP contribution in [0.15, 0.2) is 54.6 Å². The van der Waals surface area contributed by atoms with Crippen molar-refractivity contribution in [2.24, 2.45) is 17.8 Å². The van der Waals surface area contributed by atoms with Gasteiger partial charge in [0.05, 0.1) is 18.8 Å². The zero-order valence-electron chi connectivity index (χ0n) is 21.6. The highest BCUT2D eigenvalue weighted by atomic mass is 16.7. The molecule has 36 heavy (non-hydrogen) atoms. The lowest BCUT2D eigenvalue weighted by molar-refractivity contribution is -0.0683. The van der Waals surface area contributed by atoms with Crippen LogP contribution in [-0.4, -0.2) is 27.0 Å². The zero-order chi connectivity index (χ0) is 24.9. The Labute approximate surface area is 213 Å². The fourth-order valence-corrected chi connectivity index (χ4v) is 7.91. The first-order valence-electron chi connectivity index (χ1n) is 13.4. The first-order chi connectivity index (χ1) is 17.5. The second-order valence-corrected chi connectivity index (χ2v) is 11.5. The summed E-state index contributed by atoms with van der Waals surface area (Å²) < 4.78 is 16.2. The highest BCUT2D eigenvalue weighted by molar-refractivity contribution is 5.91. The molecule has 3 aromatic rings. The third-order valence-corrected chi connectivity index (χ3v) is 9.13. The van der Waals surface area contributed by atoms with E-state index in [0.29, 0.717) is 12.4 Å². The number of hydrogen-bond donors (Lipinski definition) is 0. The van der Waals surface area contributed by atoms with Gasteiger partial charge >= 0.3 is 5.97 Å². The largest absolute Gasteiger partial charge is 0.465 e. The monoisotopic (exact) mass is 484 g/mol. The topological polar surface area (TPSA) is 44.8 Å². The summed E-state index contributed by atoms with van der Waals surface area (Å²) in [6, 6.07) is 19.2. The van der Waals surface area contributed by atoms with E-state index in [4.69, 9.17) is 14.2 Å². The molecule has 0 radical (unpaired) electrons. The van der Waals surface area contributed by atoms with Crippen molar-refractivity contribution in [1.82, 2.24) is 0 Å². The molecule has 4 heteroatoms. The van der Waals surface area contributed by atoms with Crippen molar-refractivity contribution in [1.29, 1.82) is 0 Å². The minimum Gasteiger partial charge on any atom is -0.465 e. The second-order valence-electron chi connectivity index (χ2n) is 11.5. The van der Waals surface area contributed by atoms with Crippen LogP contribution in [0.3, 0.4) is 0 Å². The summed E-state index contributed by atoms with van der Waals surface area (Å²) in [7, 11) is 3.10. The summed E-state index contributed by atoms with van der Waals surface area (Å²) in [4.78, 5) is 11.8. The van der Waals surface area contributed by atoms with Crippen LogP contribution >= 0.6 is 0 Å². The van der Waals surface area contributed by atoms with Gasteiger partial charge in [-0.3, -0.25) is 0 Å². The lowest BCUT2D eigenvalue weighted by atomic mass is 9.47. The molecule has 4 fully saturated rings. The van der Waals surface area contributed by atoms with Crippen LogP contribution < -0.4 is 0 Å². The second kappa shape index (κ2) is 9.32. The standard InChI is InChI=1S/C32H36O4/c1-20(36-19-34-2)29-14-27-9-8-26(24-4-6-25(7-5-24)31(33)35-3)13-28(27)15-30(29)32-16-21-10-22(17-32)12-23(11-21)18-32/h4-9,13-15,20-23H,10-12,16-19H2,1-3H3. The minimum atomic E-state index is -0.308. The quantitative estimate of drug-likeness (QED) is 0.258. The molecule has 0 aromatic heterocycles. The fourth-order valence-electron chi connectivity index (χ4n) is 7.91. The van der Waals surface area contributed by atoms with Gasteiger partial charge in [-0.1, -0.05) is 30.3 Å². The van der Waals surface area contributed by atoms with Gasteiger partial charge in [-0.25, -0.2) is 4.79 Å². The molecule has 0 aliphatic heterocycles. The van der Waals surface area contributed by atoms with Gasteiger partial charge in [0.1, 0.15) is 6.79 Å². The van der Waals surface area contributed by atoms with Crippen molar-refractivity contribution in [2.75, 3.05) is 21.0 Å². The average Bonchev–Trinajstić information content (AvgIpc) is 2.89. The molecule has 0 heterocycles. The van der Waals surface area contributed by atoms with E-state index in [0.717, 1.165) is 28.9 Å². The van der Waals surface area contributed by atoms with Crippen molar-refractivity contribution in [3.63, 3.8) is 0 Å². The Morgan fingerprint density at radius 1 is 0.861 bits per heavy atom. The van der Waals surface area contributed by atoms with Gasteiger partial charge in [0.15, 0.2) is 0 Å². The van der Waals surface area contributed by atoms with Crippen molar-refractivity contribution in [2.45, 2.75) is 57.0 Å². The molecule has 1 atom stereocenters. The molecule has 4 bridgehead atoms. The minimum absolute atomic E-state index is 0.0112. The Morgan fingerprint density at radius 3 is 2.11 bits per heavy atom. The molecule has 4 aliphatic rings. The number of fused-ring (bicyclic) bond motifs is 1. The first kappa shape index (κ1) is 23.7. The molecule has 7 rings (SSSR count). The van der Waals surface area contributed by atoms with Crippen LogP contribution in [0.1, 0.15) is 73.0 Å². The average molecular weight is 485 g/mol. The van der Waals surface area contributed by atoms with Crippen LogP contribution in [-0.2, 0) is 19.6 Å². The summed E-state index contributed by atoms with van der Waals surface area (Å²) in [5, 5.41) is 2.51. The number of methoxy groups -OCH3 is 2. The Balaban J connectivity index is 1.43. The van der Waals surface area contributed by atoms with Gasteiger partial charge in [-0.2, -0.15) is 0 Å². The van der Waals surface area contributed by atoms with E-state index in [1.807, 2.05) is 24.3 Å². The third-order valence-electron chi connectivity index (χ3n) is 9.13. The number of rotatable bonds is 7. The lowest BCUT2D eigenvalue weighted by Gasteiger charge is -2.57. The van der Waals surface area contributed by atoms with E-state index in [1.54, 1.807) is 7.11 Å². The van der Waals surface area contributed by atoms with Crippen molar-refractivity contribution in [3.05, 3.63) is 71.3 Å². The Kier molecular flexibility index (Phi) is 6.13.